The van der Waals surface area contributed by atoms with Gasteiger partial charge in [-0.2, -0.15) is 0 Å². The molecule has 0 aromatic heterocycles. The molecule has 0 spiro atoms. The Morgan fingerprint density at radius 1 is 1.26 bits per heavy atom. The van der Waals surface area contributed by atoms with E-state index in [9.17, 15) is 5.11 Å². The topological polar surface area (TPSA) is 41.5 Å². The molecule has 1 unspecified atom stereocenters. The summed E-state index contributed by atoms with van der Waals surface area (Å²) in [4.78, 5) is 0. The number of aromatic hydroxyl groups is 1. The molecule has 1 saturated carbocycles. The van der Waals surface area contributed by atoms with Crippen LogP contribution in [0.5, 0.6) is 11.5 Å². The average Bonchev–Trinajstić information content (AvgIpc) is 2.41. The Balaban J connectivity index is 1.97. The molecule has 0 heterocycles. The van der Waals surface area contributed by atoms with Gasteiger partial charge in [-0.05, 0) is 44.6 Å². The van der Waals surface area contributed by atoms with Crippen LogP contribution in [0.3, 0.4) is 0 Å². The predicted octanol–water partition coefficient (Wildman–Crippen LogP) is 3.63. The van der Waals surface area contributed by atoms with Crippen LogP contribution in [0.25, 0.3) is 0 Å². The lowest BCUT2D eigenvalue weighted by Gasteiger charge is -2.30. The number of hydrogen-bond acceptors (Lipinski definition) is 3. The van der Waals surface area contributed by atoms with E-state index in [0.717, 1.165) is 11.5 Å². The SMILES string of the molecule is COc1ccc(C(C)NC2CCC(C)CC2)c(O)c1. The summed E-state index contributed by atoms with van der Waals surface area (Å²) >= 11 is 0. The summed E-state index contributed by atoms with van der Waals surface area (Å²) in [5.74, 6) is 1.87. The van der Waals surface area contributed by atoms with E-state index in [2.05, 4.69) is 19.2 Å². The van der Waals surface area contributed by atoms with Crippen LogP contribution in [0.2, 0.25) is 0 Å². The van der Waals surface area contributed by atoms with E-state index < -0.39 is 0 Å². The van der Waals surface area contributed by atoms with Crippen LogP contribution in [0.1, 0.15) is 51.1 Å². The van der Waals surface area contributed by atoms with Crippen LogP contribution in [0.4, 0.5) is 0 Å². The van der Waals surface area contributed by atoms with Crippen LogP contribution in [0.15, 0.2) is 18.2 Å². The Labute approximate surface area is 116 Å². The number of nitrogens with one attached hydrogen (secondary N) is 1. The molecule has 2 rings (SSSR count). The van der Waals surface area contributed by atoms with Crippen molar-refractivity contribution in [1.82, 2.24) is 5.32 Å². The largest absolute Gasteiger partial charge is 0.507 e. The van der Waals surface area contributed by atoms with Crippen molar-refractivity contribution in [2.24, 2.45) is 5.92 Å². The van der Waals surface area contributed by atoms with Gasteiger partial charge in [-0.25, -0.2) is 0 Å². The van der Waals surface area contributed by atoms with Crippen LogP contribution in [-0.4, -0.2) is 18.3 Å². The zero-order valence-corrected chi connectivity index (χ0v) is 12.1. The number of ether oxygens (including phenoxy) is 1. The zero-order chi connectivity index (χ0) is 13.8. The van der Waals surface area contributed by atoms with E-state index in [1.54, 1.807) is 13.2 Å². The molecule has 1 aromatic rings. The number of hydrogen-bond donors (Lipinski definition) is 2. The van der Waals surface area contributed by atoms with Crippen LogP contribution in [-0.2, 0) is 0 Å². The zero-order valence-electron chi connectivity index (χ0n) is 12.1. The Hall–Kier alpha value is -1.22. The smallest absolute Gasteiger partial charge is 0.124 e. The van der Waals surface area contributed by atoms with Crippen molar-refractivity contribution in [3.8, 4) is 11.5 Å². The molecular weight excluding hydrogens is 238 g/mol. The van der Waals surface area contributed by atoms with Gasteiger partial charge in [0.05, 0.1) is 7.11 Å². The third kappa shape index (κ3) is 3.63. The highest BCUT2D eigenvalue weighted by Gasteiger charge is 2.21. The highest BCUT2D eigenvalue weighted by Crippen LogP contribution is 2.30. The number of rotatable bonds is 4. The van der Waals surface area contributed by atoms with Crippen molar-refractivity contribution in [2.45, 2.75) is 51.6 Å². The lowest BCUT2D eigenvalue weighted by atomic mass is 9.87. The van der Waals surface area contributed by atoms with Gasteiger partial charge in [0.15, 0.2) is 0 Å². The van der Waals surface area contributed by atoms with Gasteiger partial charge in [0, 0.05) is 23.7 Å². The van der Waals surface area contributed by atoms with Gasteiger partial charge in [0.2, 0.25) is 0 Å². The molecule has 3 heteroatoms. The van der Waals surface area contributed by atoms with Crippen LogP contribution in [0, 0.1) is 5.92 Å². The van der Waals surface area contributed by atoms with Gasteiger partial charge in [-0.15, -0.1) is 0 Å². The second kappa shape index (κ2) is 6.29. The Morgan fingerprint density at radius 2 is 1.95 bits per heavy atom. The lowest BCUT2D eigenvalue weighted by Crippen LogP contribution is -2.34. The molecule has 1 fully saturated rings. The first-order valence-corrected chi connectivity index (χ1v) is 7.23. The summed E-state index contributed by atoms with van der Waals surface area (Å²) in [5, 5.41) is 13.7. The molecule has 1 atom stereocenters. The maximum atomic E-state index is 10.0. The molecule has 19 heavy (non-hydrogen) atoms. The summed E-state index contributed by atoms with van der Waals surface area (Å²) in [6.07, 6.45) is 5.09. The van der Waals surface area contributed by atoms with E-state index in [4.69, 9.17) is 4.74 Å². The normalized spacial score (nSPS) is 25.0. The van der Waals surface area contributed by atoms with E-state index in [-0.39, 0.29) is 6.04 Å². The second-order valence-corrected chi connectivity index (χ2v) is 5.77. The van der Waals surface area contributed by atoms with Crippen molar-refractivity contribution in [1.29, 1.82) is 0 Å². The third-order valence-corrected chi connectivity index (χ3v) is 4.21. The van der Waals surface area contributed by atoms with E-state index in [1.165, 1.54) is 25.7 Å². The molecule has 0 saturated heterocycles. The van der Waals surface area contributed by atoms with Gasteiger partial charge >= 0.3 is 0 Å². The third-order valence-electron chi connectivity index (χ3n) is 4.21. The standard InChI is InChI=1S/C16H25NO2/c1-11-4-6-13(7-5-11)17-12(2)15-9-8-14(19-3)10-16(15)18/h8-13,17-18H,4-7H2,1-3H3. The Kier molecular flexibility index (Phi) is 4.70. The second-order valence-electron chi connectivity index (χ2n) is 5.77. The number of methoxy groups -OCH3 is 1. The minimum atomic E-state index is 0.171. The molecule has 0 aliphatic heterocycles. The van der Waals surface area contributed by atoms with Crippen molar-refractivity contribution < 1.29 is 9.84 Å². The summed E-state index contributed by atoms with van der Waals surface area (Å²) in [6.45, 7) is 4.44. The fourth-order valence-corrected chi connectivity index (χ4v) is 2.89. The molecule has 1 aliphatic carbocycles. The van der Waals surface area contributed by atoms with Gasteiger partial charge in [0.25, 0.3) is 0 Å². The summed E-state index contributed by atoms with van der Waals surface area (Å²) in [6, 6.07) is 6.27. The van der Waals surface area contributed by atoms with Crippen molar-refractivity contribution in [2.75, 3.05) is 7.11 Å². The molecule has 0 amide bonds. The maximum absolute atomic E-state index is 10.0. The minimum absolute atomic E-state index is 0.171. The first-order chi connectivity index (χ1) is 9.10. The summed E-state index contributed by atoms with van der Waals surface area (Å²) in [5.41, 5.74) is 0.944. The average molecular weight is 263 g/mol. The quantitative estimate of drug-likeness (QED) is 0.871. The highest BCUT2D eigenvalue weighted by atomic mass is 16.5. The molecule has 106 valence electrons. The van der Waals surface area contributed by atoms with Crippen molar-refractivity contribution >= 4 is 0 Å². The first kappa shape index (κ1) is 14.2. The number of benzene rings is 1. The van der Waals surface area contributed by atoms with Crippen LogP contribution >= 0.6 is 0 Å². The van der Waals surface area contributed by atoms with Gasteiger partial charge in [0.1, 0.15) is 11.5 Å². The van der Waals surface area contributed by atoms with Gasteiger partial charge < -0.3 is 15.2 Å². The number of phenols is 1. The number of phenolic OH excluding ortho intramolecular Hbond substituents is 1. The minimum Gasteiger partial charge on any atom is -0.507 e. The Bertz CT molecular complexity index is 411. The molecule has 1 aromatic carbocycles. The van der Waals surface area contributed by atoms with E-state index in [1.807, 2.05) is 12.1 Å². The Morgan fingerprint density at radius 3 is 2.53 bits per heavy atom. The molecule has 3 nitrogen and oxygen atoms in total. The molecule has 1 aliphatic rings. The van der Waals surface area contributed by atoms with Crippen molar-refractivity contribution in [3.05, 3.63) is 23.8 Å². The maximum Gasteiger partial charge on any atom is 0.124 e. The highest BCUT2D eigenvalue weighted by molar-refractivity contribution is 5.41. The summed E-state index contributed by atoms with van der Waals surface area (Å²) < 4.78 is 5.11. The molecule has 0 bridgehead atoms. The van der Waals surface area contributed by atoms with Gasteiger partial charge in [-0.1, -0.05) is 13.0 Å². The summed E-state index contributed by atoms with van der Waals surface area (Å²) in [7, 11) is 1.61. The fourth-order valence-electron chi connectivity index (χ4n) is 2.89. The molecule has 0 radical (unpaired) electrons. The predicted molar refractivity (Wildman–Crippen MR) is 77.6 cm³/mol. The lowest BCUT2D eigenvalue weighted by molar-refractivity contribution is 0.289. The molecular formula is C16H25NO2. The first-order valence-electron chi connectivity index (χ1n) is 7.23. The van der Waals surface area contributed by atoms with Crippen molar-refractivity contribution in [3.63, 3.8) is 0 Å². The van der Waals surface area contributed by atoms with Crippen LogP contribution < -0.4 is 10.1 Å². The molecule has 2 N–H and O–H groups in total. The van der Waals surface area contributed by atoms with E-state index in [0.29, 0.717) is 17.5 Å². The fraction of sp³-hybridized carbons (Fsp3) is 0.625. The monoisotopic (exact) mass is 263 g/mol. The van der Waals surface area contributed by atoms with Gasteiger partial charge in [-0.3, -0.25) is 0 Å². The van der Waals surface area contributed by atoms with E-state index >= 15 is 0 Å².